The van der Waals surface area contributed by atoms with Gasteiger partial charge in [-0.15, -0.1) is 0 Å². The maximum atomic E-state index is 12.6. The van der Waals surface area contributed by atoms with Crippen LogP contribution in [0.15, 0.2) is 98.1 Å². The highest BCUT2D eigenvalue weighted by Gasteiger charge is 2.13. The fraction of sp³-hybridized carbons (Fsp3) is 0.243. The topological polar surface area (TPSA) is 176 Å². The molecule has 14 nitrogen and oxygen atoms in total. The zero-order chi connectivity index (χ0) is 36.8. The third-order valence-corrected chi connectivity index (χ3v) is 6.37. The van der Waals surface area contributed by atoms with Crippen molar-refractivity contribution in [2.75, 3.05) is 33.0 Å². The molecular weight excluding hydrogens is 668 g/mol. The number of unbranched alkanes of at least 4 members (excludes halogenated alkanes) is 2. The van der Waals surface area contributed by atoms with E-state index in [0.717, 1.165) is 12.2 Å². The lowest BCUT2D eigenvalue weighted by molar-refractivity contribution is -0.146. The molecule has 0 aromatic heterocycles. The van der Waals surface area contributed by atoms with Crippen LogP contribution in [-0.4, -0.2) is 69.0 Å². The summed E-state index contributed by atoms with van der Waals surface area (Å²) in [4.78, 5) is 70.8. The molecule has 3 aromatic rings. The molecule has 0 spiro atoms. The van der Waals surface area contributed by atoms with E-state index >= 15 is 0 Å². The van der Waals surface area contributed by atoms with Crippen LogP contribution in [0.25, 0.3) is 0 Å². The summed E-state index contributed by atoms with van der Waals surface area (Å²) in [6.45, 7) is 6.86. The Morgan fingerprint density at radius 2 is 0.843 bits per heavy atom. The van der Waals surface area contributed by atoms with Gasteiger partial charge in [-0.1, -0.05) is 13.2 Å². The van der Waals surface area contributed by atoms with E-state index in [4.69, 9.17) is 37.9 Å². The molecule has 0 bridgehead atoms. The van der Waals surface area contributed by atoms with Gasteiger partial charge in [0.2, 0.25) is 0 Å². The van der Waals surface area contributed by atoms with Crippen molar-refractivity contribution in [1.29, 1.82) is 0 Å². The van der Waals surface area contributed by atoms with Crippen LogP contribution < -0.4 is 18.9 Å². The number of esters is 5. The van der Waals surface area contributed by atoms with E-state index in [1.54, 1.807) is 0 Å². The van der Waals surface area contributed by atoms with Crippen LogP contribution in [0.4, 0.5) is 4.79 Å². The van der Waals surface area contributed by atoms with E-state index in [1.165, 1.54) is 72.8 Å². The largest absolute Gasteiger partial charge is 0.513 e. The second-order valence-corrected chi connectivity index (χ2v) is 10.2. The molecule has 0 aliphatic heterocycles. The first-order valence-electron chi connectivity index (χ1n) is 15.6. The maximum Gasteiger partial charge on any atom is 0.513 e. The Morgan fingerprint density at radius 3 is 1.29 bits per heavy atom. The average molecular weight is 705 g/mol. The Morgan fingerprint density at radius 1 is 0.471 bits per heavy atom. The lowest BCUT2D eigenvalue weighted by Gasteiger charge is -2.09. The van der Waals surface area contributed by atoms with Crippen LogP contribution in [0.2, 0.25) is 0 Å². The summed E-state index contributed by atoms with van der Waals surface area (Å²) in [6, 6.07) is 17.4. The van der Waals surface area contributed by atoms with Gasteiger partial charge >= 0.3 is 36.0 Å². The molecule has 268 valence electrons. The van der Waals surface area contributed by atoms with Gasteiger partial charge in [0.15, 0.2) is 6.61 Å². The van der Waals surface area contributed by atoms with Crippen molar-refractivity contribution in [3.8, 4) is 23.0 Å². The van der Waals surface area contributed by atoms with Crippen LogP contribution in [0.5, 0.6) is 23.0 Å². The number of ether oxygens (including phenoxy) is 8. The lowest BCUT2D eigenvalue weighted by atomic mass is 10.2. The molecule has 0 atom stereocenters. The van der Waals surface area contributed by atoms with E-state index in [9.17, 15) is 28.8 Å². The molecule has 0 fully saturated rings. The van der Waals surface area contributed by atoms with Gasteiger partial charge in [0.25, 0.3) is 0 Å². The van der Waals surface area contributed by atoms with Crippen molar-refractivity contribution in [1.82, 2.24) is 0 Å². The highest BCUT2D eigenvalue weighted by Crippen LogP contribution is 2.21. The van der Waals surface area contributed by atoms with E-state index in [-0.39, 0.29) is 61.4 Å². The molecule has 0 unspecified atom stereocenters. The fourth-order valence-corrected chi connectivity index (χ4v) is 3.78. The lowest BCUT2D eigenvalue weighted by Crippen LogP contribution is -2.16. The van der Waals surface area contributed by atoms with E-state index in [0.29, 0.717) is 31.4 Å². The second-order valence-electron chi connectivity index (χ2n) is 10.2. The summed E-state index contributed by atoms with van der Waals surface area (Å²) in [6.07, 6.45) is 3.21. The summed E-state index contributed by atoms with van der Waals surface area (Å²) < 4.78 is 40.9. The summed E-state index contributed by atoms with van der Waals surface area (Å²) in [7, 11) is 0. The standard InChI is InChI=1S/C37H36O14/c1-3-32(38)44-21-5-6-23-46-34(40)25-48-28-13-9-26(10-14-28)35(41)49-29-17-19-30(20-18-29)50-36(42)27-11-15-31(16-12-27)51-37(43)47-24-8-7-22-45-33(39)4-2/h3-4,9-20H,1-2,5-8,21-25H2. The normalized spacial score (nSPS) is 10.1. The molecule has 0 N–H and O–H groups in total. The van der Waals surface area contributed by atoms with Crippen LogP contribution in [0.3, 0.4) is 0 Å². The van der Waals surface area contributed by atoms with Gasteiger partial charge in [-0.25, -0.2) is 28.8 Å². The monoisotopic (exact) mass is 704 g/mol. The highest BCUT2D eigenvalue weighted by atomic mass is 16.7. The first kappa shape index (κ1) is 39.0. The van der Waals surface area contributed by atoms with Crippen molar-refractivity contribution in [3.63, 3.8) is 0 Å². The molecular formula is C37H36O14. The van der Waals surface area contributed by atoms with E-state index < -0.39 is 36.0 Å². The molecule has 0 saturated heterocycles. The molecule has 0 heterocycles. The predicted octanol–water partition coefficient (Wildman–Crippen LogP) is 5.58. The summed E-state index contributed by atoms with van der Waals surface area (Å²) in [5.41, 5.74) is 0.410. The summed E-state index contributed by atoms with van der Waals surface area (Å²) in [5.74, 6) is -2.05. The molecule has 0 radical (unpaired) electrons. The number of hydrogen-bond acceptors (Lipinski definition) is 14. The van der Waals surface area contributed by atoms with Crippen molar-refractivity contribution in [3.05, 3.63) is 109 Å². The number of carbonyl (C=O) groups excluding carboxylic acids is 6. The van der Waals surface area contributed by atoms with E-state index in [2.05, 4.69) is 13.2 Å². The fourth-order valence-electron chi connectivity index (χ4n) is 3.78. The highest BCUT2D eigenvalue weighted by molar-refractivity contribution is 5.92. The van der Waals surface area contributed by atoms with Gasteiger partial charge < -0.3 is 37.9 Å². The van der Waals surface area contributed by atoms with Gasteiger partial charge in [-0.2, -0.15) is 0 Å². The van der Waals surface area contributed by atoms with Crippen LogP contribution >= 0.6 is 0 Å². The van der Waals surface area contributed by atoms with Crippen LogP contribution in [0, 0.1) is 0 Å². The minimum absolute atomic E-state index is 0.0690. The summed E-state index contributed by atoms with van der Waals surface area (Å²) in [5, 5.41) is 0. The maximum absolute atomic E-state index is 12.6. The van der Waals surface area contributed by atoms with Gasteiger partial charge in [-0.3, -0.25) is 0 Å². The number of carbonyl (C=O) groups is 6. The SMILES string of the molecule is C=CC(=O)OCCCCOC(=O)COc1ccc(C(=O)Oc2ccc(OC(=O)c3ccc(OC(=O)OCCCCOC(=O)C=C)cc3)cc2)cc1. The van der Waals surface area contributed by atoms with E-state index in [1.807, 2.05) is 0 Å². The average Bonchev–Trinajstić information content (AvgIpc) is 3.14. The minimum Gasteiger partial charge on any atom is -0.482 e. The Bertz CT molecular complexity index is 1640. The van der Waals surface area contributed by atoms with Crippen molar-refractivity contribution >= 4 is 36.0 Å². The Labute approximate surface area is 293 Å². The second kappa shape index (κ2) is 21.5. The smallest absolute Gasteiger partial charge is 0.482 e. The van der Waals surface area contributed by atoms with Crippen LogP contribution in [0.1, 0.15) is 46.4 Å². The van der Waals surface area contributed by atoms with Gasteiger partial charge in [0, 0.05) is 12.2 Å². The number of hydrogen-bond donors (Lipinski definition) is 0. The molecule has 0 saturated carbocycles. The molecule has 14 heteroatoms. The molecule has 3 aromatic carbocycles. The first-order valence-corrected chi connectivity index (χ1v) is 15.6. The quantitative estimate of drug-likeness (QED) is 0.0356. The predicted molar refractivity (Wildman–Crippen MR) is 178 cm³/mol. The first-order chi connectivity index (χ1) is 24.7. The molecule has 0 amide bonds. The molecule has 3 rings (SSSR count). The zero-order valence-electron chi connectivity index (χ0n) is 27.6. The van der Waals surface area contributed by atoms with Crippen molar-refractivity contribution in [2.45, 2.75) is 25.7 Å². The van der Waals surface area contributed by atoms with Crippen molar-refractivity contribution in [2.24, 2.45) is 0 Å². The molecule has 51 heavy (non-hydrogen) atoms. The zero-order valence-corrected chi connectivity index (χ0v) is 27.6. The molecule has 0 aliphatic rings. The van der Waals surface area contributed by atoms with Gasteiger partial charge in [0.05, 0.1) is 37.6 Å². The number of benzene rings is 3. The Hall–Kier alpha value is -6.44. The third-order valence-electron chi connectivity index (χ3n) is 6.37. The van der Waals surface area contributed by atoms with Gasteiger partial charge in [-0.05, 0) is 98.5 Å². The van der Waals surface area contributed by atoms with Crippen molar-refractivity contribution < 1.29 is 66.7 Å². The summed E-state index contributed by atoms with van der Waals surface area (Å²) >= 11 is 0. The van der Waals surface area contributed by atoms with Gasteiger partial charge in [0.1, 0.15) is 23.0 Å². The number of rotatable bonds is 20. The van der Waals surface area contributed by atoms with Crippen LogP contribution in [-0.2, 0) is 33.3 Å². The Balaban J connectivity index is 1.35. The molecule has 0 aliphatic carbocycles. The minimum atomic E-state index is -0.925. The third kappa shape index (κ3) is 15.1. The Kier molecular flexibility index (Phi) is 16.5.